The number of carboxylic acids is 1. The first-order valence-corrected chi connectivity index (χ1v) is 5.77. The first-order chi connectivity index (χ1) is 8.63. The topological polar surface area (TPSA) is 75.6 Å². The van der Waals surface area contributed by atoms with Gasteiger partial charge in [-0.3, -0.25) is 4.79 Å². The summed E-state index contributed by atoms with van der Waals surface area (Å²) in [5, 5.41) is 11.6. The second kappa shape index (κ2) is 7.32. The first kappa shape index (κ1) is 14.0. The summed E-state index contributed by atoms with van der Waals surface area (Å²) >= 11 is 0. The van der Waals surface area contributed by atoms with E-state index in [2.05, 4.69) is 10.1 Å². The van der Waals surface area contributed by atoms with Gasteiger partial charge in [0, 0.05) is 18.7 Å². The van der Waals surface area contributed by atoms with Crippen molar-refractivity contribution in [1.82, 2.24) is 0 Å². The molecular formula is C13H17NO4. The Balaban J connectivity index is 2.38. The van der Waals surface area contributed by atoms with Gasteiger partial charge in [-0.25, -0.2) is 4.79 Å². The Morgan fingerprint density at radius 1 is 1.33 bits per heavy atom. The zero-order valence-corrected chi connectivity index (χ0v) is 10.3. The van der Waals surface area contributed by atoms with Crippen molar-refractivity contribution in [3.05, 3.63) is 29.8 Å². The number of methoxy groups -OCH3 is 1. The molecule has 0 spiro atoms. The fraction of sp³-hybridized carbons (Fsp3) is 0.385. The van der Waals surface area contributed by atoms with Crippen LogP contribution in [0.5, 0.6) is 0 Å². The number of rotatable bonds is 7. The molecule has 0 aromatic heterocycles. The molecule has 0 unspecified atom stereocenters. The number of hydrogen-bond donors (Lipinski definition) is 2. The van der Waals surface area contributed by atoms with Crippen LogP contribution in [0.3, 0.4) is 0 Å². The van der Waals surface area contributed by atoms with Gasteiger partial charge in [-0.1, -0.05) is 6.07 Å². The van der Waals surface area contributed by atoms with E-state index in [0.29, 0.717) is 18.5 Å². The van der Waals surface area contributed by atoms with Crippen LogP contribution in [0.1, 0.15) is 29.6 Å². The second-order valence-corrected chi connectivity index (χ2v) is 3.85. The normalized spacial score (nSPS) is 9.83. The van der Waals surface area contributed by atoms with Gasteiger partial charge in [0.05, 0.1) is 12.7 Å². The van der Waals surface area contributed by atoms with Gasteiger partial charge in [-0.15, -0.1) is 0 Å². The Hall–Kier alpha value is -2.04. The minimum Gasteiger partial charge on any atom is -0.481 e. The number of benzene rings is 1. The smallest absolute Gasteiger partial charge is 0.337 e. The van der Waals surface area contributed by atoms with Crippen LogP contribution >= 0.6 is 0 Å². The lowest BCUT2D eigenvalue weighted by Gasteiger charge is -2.07. The van der Waals surface area contributed by atoms with E-state index in [1.807, 2.05) is 6.07 Å². The van der Waals surface area contributed by atoms with Crippen LogP contribution in [0, 0.1) is 0 Å². The van der Waals surface area contributed by atoms with E-state index in [-0.39, 0.29) is 12.4 Å². The Labute approximate surface area is 106 Å². The molecule has 1 aromatic rings. The van der Waals surface area contributed by atoms with Crippen LogP contribution in [0.25, 0.3) is 0 Å². The number of carbonyl (C=O) groups is 2. The van der Waals surface area contributed by atoms with Crippen molar-refractivity contribution in [3.63, 3.8) is 0 Å². The molecule has 0 saturated heterocycles. The van der Waals surface area contributed by atoms with E-state index in [1.165, 1.54) is 7.11 Å². The molecule has 5 nitrogen and oxygen atoms in total. The third kappa shape index (κ3) is 4.86. The molecule has 1 rings (SSSR count). The van der Waals surface area contributed by atoms with Gasteiger partial charge in [0.1, 0.15) is 0 Å². The lowest BCUT2D eigenvalue weighted by Crippen LogP contribution is -2.05. The number of carbonyl (C=O) groups excluding carboxylic acids is 1. The highest BCUT2D eigenvalue weighted by Crippen LogP contribution is 2.11. The number of carboxylic acid groups (broad SMARTS) is 1. The van der Waals surface area contributed by atoms with Crippen molar-refractivity contribution in [1.29, 1.82) is 0 Å². The summed E-state index contributed by atoms with van der Waals surface area (Å²) in [6.45, 7) is 0.678. The molecule has 0 radical (unpaired) electrons. The number of unbranched alkanes of at least 4 members (excludes halogenated alkanes) is 1. The molecule has 18 heavy (non-hydrogen) atoms. The van der Waals surface area contributed by atoms with Gasteiger partial charge in [0.15, 0.2) is 0 Å². The van der Waals surface area contributed by atoms with Gasteiger partial charge >= 0.3 is 11.9 Å². The molecule has 0 amide bonds. The number of hydrogen-bond acceptors (Lipinski definition) is 4. The number of aliphatic carboxylic acids is 1. The maximum absolute atomic E-state index is 11.3. The molecule has 0 fully saturated rings. The molecule has 0 heterocycles. The Morgan fingerprint density at radius 2 is 2.11 bits per heavy atom. The Morgan fingerprint density at radius 3 is 2.78 bits per heavy atom. The van der Waals surface area contributed by atoms with Crippen molar-refractivity contribution >= 4 is 17.6 Å². The number of nitrogens with one attached hydrogen (secondary N) is 1. The standard InChI is InChI=1S/C13H17NO4/c1-18-13(17)10-5-4-6-11(9-10)14-8-3-2-7-12(15)16/h4-6,9,14H,2-3,7-8H2,1H3,(H,15,16). The van der Waals surface area contributed by atoms with E-state index in [0.717, 1.165) is 12.1 Å². The molecular weight excluding hydrogens is 234 g/mol. The predicted molar refractivity (Wildman–Crippen MR) is 67.8 cm³/mol. The van der Waals surface area contributed by atoms with Crippen LogP contribution in [0.15, 0.2) is 24.3 Å². The van der Waals surface area contributed by atoms with E-state index in [1.54, 1.807) is 18.2 Å². The zero-order valence-electron chi connectivity index (χ0n) is 10.3. The summed E-state index contributed by atoms with van der Waals surface area (Å²) in [6.07, 6.45) is 1.59. The third-order valence-electron chi connectivity index (χ3n) is 2.43. The molecule has 0 atom stereocenters. The van der Waals surface area contributed by atoms with E-state index >= 15 is 0 Å². The fourth-order valence-electron chi connectivity index (χ4n) is 1.51. The minimum atomic E-state index is -0.775. The van der Waals surface area contributed by atoms with E-state index in [9.17, 15) is 9.59 Å². The Kier molecular flexibility index (Phi) is 5.70. The average Bonchev–Trinajstić information content (AvgIpc) is 2.37. The second-order valence-electron chi connectivity index (χ2n) is 3.85. The van der Waals surface area contributed by atoms with Crippen LogP contribution < -0.4 is 5.32 Å². The minimum absolute atomic E-state index is 0.184. The number of anilines is 1. The van der Waals surface area contributed by atoms with Gasteiger partial charge in [-0.2, -0.15) is 0 Å². The van der Waals surface area contributed by atoms with Crippen molar-refractivity contribution < 1.29 is 19.4 Å². The summed E-state index contributed by atoms with van der Waals surface area (Å²) in [5.74, 6) is -1.15. The maximum Gasteiger partial charge on any atom is 0.337 e. The molecule has 5 heteroatoms. The van der Waals surface area contributed by atoms with Crippen molar-refractivity contribution in [2.75, 3.05) is 19.0 Å². The molecule has 0 aliphatic rings. The van der Waals surface area contributed by atoms with Crippen LogP contribution in [0.2, 0.25) is 0 Å². The largest absolute Gasteiger partial charge is 0.481 e. The number of ether oxygens (including phenoxy) is 1. The van der Waals surface area contributed by atoms with E-state index in [4.69, 9.17) is 5.11 Å². The highest BCUT2D eigenvalue weighted by atomic mass is 16.5. The van der Waals surface area contributed by atoms with Crippen molar-refractivity contribution in [2.24, 2.45) is 0 Å². The quantitative estimate of drug-likeness (QED) is 0.573. The van der Waals surface area contributed by atoms with Crippen molar-refractivity contribution in [3.8, 4) is 0 Å². The first-order valence-electron chi connectivity index (χ1n) is 5.77. The van der Waals surface area contributed by atoms with Gasteiger partial charge in [0.2, 0.25) is 0 Å². The van der Waals surface area contributed by atoms with Gasteiger partial charge in [-0.05, 0) is 31.0 Å². The average molecular weight is 251 g/mol. The SMILES string of the molecule is COC(=O)c1cccc(NCCCCC(=O)O)c1. The van der Waals surface area contributed by atoms with Crippen LogP contribution in [-0.2, 0) is 9.53 Å². The molecule has 98 valence electrons. The fourth-order valence-corrected chi connectivity index (χ4v) is 1.51. The lowest BCUT2D eigenvalue weighted by molar-refractivity contribution is -0.137. The highest BCUT2D eigenvalue weighted by molar-refractivity contribution is 5.90. The Bertz CT molecular complexity index is 417. The molecule has 1 aromatic carbocycles. The summed E-state index contributed by atoms with van der Waals surface area (Å²) in [6, 6.07) is 7.01. The monoisotopic (exact) mass is 251 g/mol. The van der Waals surface area contributed by atoms with Crippen LogP contribution in [0.4, 0.5) is 5.69 Å². The predicted octanol–water partition coefficient (Wildman–Crippen LogP) is 2.14. The molecule has 0 aliphatic heterocycles. The molecule has 0 aliphatic carbocycles. The third-order valence-corrected chi connectivity index (χ3v) is 2.43. The highest BCUT2D eigenvalue weighted by Gasteiger charge is 2.05. The summed E-state index contributed by atoms with van der Waals surface area (Å²) < 4.78 is 4.63. The number of esters is 1. The van der Waals surface area contributed by atoms with Crippen molar-refractivity contribution in [2.45, 2.75) is 19.3 Å². The molecule has 0 saturated carbocycles. The molecule has 2 N–H and O–H groups in total. The summed E-state index contributed by atoms with van der Waals surface area (Å²) in [4.78, 5) is 21.6. The summed E-state index contributed by atoms with van der Waals surface area (Å²) in [5.41, 5.74) is 1.32. The zero-order chi connectivity index (χ0) is 13.4. The van der Waals surface area contributed by atoms with E-state index < -0.39 is 5.97 Å². The lowest BCUT2D eigenvalue weighted by atomic mass is 10.2. The van der Waals surface area contributed by atoms with Gasteiger partial charge < -0.3 is 15.2 Å². The molecule has 0 bridgehead atoms. The van der Waals surface area contributed by atoms with Crippen LogP contribution in [-0.4, -0.2) is 30.7 Å². The maximum atomic E-state index is 11.3. The summed E-state index contributed by atoms with van der Waals surface area (Å²) in [7, 11) is 1.34. The van der Waals surface area contributed by atoms with Gasteiger partial charge in [0.25, 0.3) is 0 Å².